The molecule has 2 nitrogen and oxygen atoms in total. The van der Waals surface area contributed by atoms with Crippen molar-refractivity contribution in [3.63, 3.8) is 0 Å². The van der Waals surface area contributed by atoms with Crippen LogP contribution in [0.15, 0.2) is 24.3 Å². The van der Waals surface area contributed by atoms with Crippen LogP contribution in [0.2, 0.25) is 0 Å². The van der Waals surface area contributed by atoms with E-state index in [0.29, 0.717) is 0 Å². The molecule has 3 heteroatoms. The summed E-state index contributed by atoms with van der Waals surface area (Å²) in [6.07, 6.45) is 1.00. The van der Waals surface area contributed by atoms with Crippen molar-refractivity contribution in [1.29, 1.82) is 0 Å². The van der Waals surface area contributed by atoms with Crippen LogP contribution in [0.25, 0.3) is 0 Å². The molecule has 0 saturated carbocycles. The predicted molar refractivity (Wildman–Crippen MR) is 82.4 cm³/mol. The van der Waals surface area contributed by atoms with Crippen molar-refractivity contribution in [2.24, 2.45) is 0 Å². The second-order valence-electron chi connectivity index (χ2n) is 6.81. The molecule has 0 saturated heterocycles. The lowest BCUT2D eigenvalue weighted by molar-refractivity contribution is 0.523. The Morgan fingerprint density at radius 2 is 1.42 bits per heavy atom. The van der Waals surface area contributed by atoms with Gasteiger partial charge in [0, 0.05) is 5.41 Å². The van der Waals surface area contributed by atoms with Crippen molar-refractivity contribution >= 4 is 9.84 Å². The van der Waals surface area contributed by atoms with Crippen LogP contribution < -0.4 is 0 Å². The van der Waals surface area contributed by atoms with E-state index >= 15 is 0 Å². The van der Waals surface area contributed by atoms with Crippen LogP contribution in [0.3, 0.4) is 0 Å². The summed E-state index contributed by atoms with van der Waals surface area (Å²) in [7, 11) is -3.12. The van der Waals surface area contributed by atoms with Crippen molar-refractivity contribution in [1.82, 2.24) is 0 Å². The van der Waals surface area contributed by atoms with Gasteiger partial charge in [0.2, 0.25) is 0 Å². The third-order valence-electron chi connectivity index (χ3n) is 3.63. The molecule has 0 N–H and O–H groups in total. The maximum Gasteiger partial charge on any atom is 0.156 e. The third-order valence-corrected chi connectivity index (χ3v) is 6.60. The highest BCUT2D eigenvalue weighted by atomic mass is 32.2. The first-order chi connectivity index (χ1) is 8.49. The average Bonchev–Trinajstić information content (AvgIpc) is 2.26. The predicted octanol–water partition coefficient (Wildman–Crippen LogP) is 3.74. The third kappa shape index (κ3) is 3.82. The smallest absolute Gasteiger partial charge is 0.156 e. The number of aryl methyl sites for hydroxylation is 1. The van der Waals surface area contributed by atoms with Gasteiger partial charge in [-0.2, -0.15) is 0 Å². The van der Waals surface area contributed by atoms with Gasteiger partial charge in [0.05, 0.1) is 10.5 Å². The minimum absolute atomic E-state index is 0.176. The molecule has 0 unspecified atom stereocenters. The summed E-state index contributed by atoms with van der Waals surface area (Å²) in [5.41, 5.74) is 1.99. The number of sulfone groups is 1. The Morgan fingerprint density at radius 1 is 0.947 bits per heavy atom. The van der Waals surface area contributed by atoms with Gasteiger partial charge >= 0.3 is 0 Å². The molecule has 1 rings (SSSR count). The van der Waals surface area contributed by atoms with Crippen LogP contribution in [0.4, 0.5) is 0 Å². The molecule has 0 amide bonds. The van der Waals surface area contributed by atoms with Gasteiger partial charge in [-0.1, -0.05) is 45.0 Å². The molecule has 108 valence electrons. The fourth-order valence-corrected chi connectivity index (χ4v) is 3.52. The molecule has 1 aromatic rings. The highest BCUT2D eigenvalue weighted by Gasteiger charge is 2.35. The summed E-state index contributed by atoms with van der Waals surface area (Å²) >= 11 is 0. The Labute approximate surface area is 118 Å². The van der Waals surface area contributed by atoms with Gasteiger partial charge in [-0.25, -0.2) is 8.42 Å². The van der Waals surface area contributed by atoms with E-state index in [2.05, 4.69) is 31.2 Å². The Morgan fingerprint density at radius 3 is 1.79 bits per heavy atom. The first kappa shape index (κ1) is 16.2. The lowest BCUT2D eigenvalue weighted by atomic mass is 9.86. The van der Waals surface area contributed by atoms with E-state index in [1.54, 1.807) is 20.8 Å². The number of hydrogen-bond donors (Lipinski definition) is 0. The molecule has 0 aromatic heterocycles. The lowest BCUT2D eigenvalue weighted by Crippen LogP contribution is -2.38. The first-order valence-corrected chi connectivity index (χ1v) is 8.46. The number of rotatable bonds is 4. The Hall–Kier alpha value is -0.830. The minimum atomic E-state index is -3.12. The molecular formula is C16H26O2S. The molecule has 0 spiro atoms. The summed E-state index contributed by atoms with van der Waals surface area (Å²) in [5, 5.41) is 0. The molecule has 0 heterocycles. The van der Waals surface area contributed by atoms with E-state index in [9.17, 15) is 8.42 Å². The van der Waals surface area contributed by atoms with Crippen LogP contribution in [0.1, 0.15) is 52.7 Å². The zero-order valence-corrected chi connectivity index (χ0v) is 13.8. The normalized spacial score (nSPS) is 13.6. The van der Waals surface area contributed by atoms with Gasteiger partial charge in [0.1, 0.15) is 0 Å². The minimum Gasteiger partial charge on any atom is -0.228 e. The van der Waals surface area contributed by atoms with Crippen molar-refractivity contribution in [2.45, 2.75) is 58.1 Å². The van der Waals surface area contributed by atoms with Crippen LogP contribution in [0, 0.1) is 0 Å². The monoisotopic (exact) mass is 282 g/mol. The molecule has 0 radical (unpaired) electrons. The summed E-state index contributed by atoms with van der Waals surface area (Å²) in [5.74, 6) is 0.176. The molecule has 0 fully saturated rings. The zero-order valence-electron chi connectivity index (χ0n) is 12.9. The van der Waals surface area contributed by atoms with Crippen LogP contribution in [-0.4, -0.2) is 18.9 Å². The highest BCUT2D eigenvalue weighted by molar-refractivity contribution is 7.92. The van der Waals surface area contributed by atoms with Crippen LogP contribution in [-0.2, 0) is 21.7 Å². The van der Waals surface area contributed by atoms with Gasteiger partial charge in [-0.05, 0) is 38.3 Å². The van der Waals surface area contributed by atoms with Crippen molar-refractivity contribution in [3.05, 3.63) is 35.4 Å². The fourth-order valence-electron chi connectivity index (χ4n) is 1.97. The van der Waals surface area contributed by atoms with E-state index in [0.717, 1.165) is 12.0 Å². The molecule has 0 aliphatic heterocycles. The summed E-state index contributed by atoms with van der Waals surface area (Å²) in [6.45, 7) is 11.4. The quantitative estimate of drug-likeness (QED) is 0.843. The molecule has 1 aromatic carbocycles. The van der Waals surface area contributed by atoms with Crippen molar-refractivity contribution < 1.29 is 8.42 Å². The molecule has 0 aliphatic rings. The summed E-state index contributed by atoms with van der Waals surface area (Å²) in [4.78, 5) is 0. The van der Waals surface area contributed by atoms with E-state index in [-0.39, 0.29) is 11.2 Å². The number of hydrogen-bond acceptors (Lipinski definition) is 2. The largest absolute Gasteiger partial charge is 0.228 e. The molecule has 19 heavy (non-hydrogen) atoms. The van der Waals surface area contributed by atoms with Crippen LogP contribution >= 0.6 is 0 Å². The van der Waals surface area contributed by atoms with Gasteiger partial charge in [0.15, 0.2) is 9.84 Å². The fraction of sp³-hybridized carbons (Fsp3) is 0.625. The van der Waals surface area contributed by atoms with E-state index < -0.39 is 14.6 Å². The van der Waals surface area contributed by atoms with Crippen molar-refractivity contribution in [3.8, 4) is 0 Å². The maximum absolute atomic E-state index is 12.4. The Kier molecular flexibility index (Phi) is 4.51. The van der Waals surface area contributed by atoms with Crippen LogP contribution in [0.5, 0.6) is 0 Å². The van der Waals surface area contributed by atoms with E-state index in [4.69, 9.17) is 0 Å². The highest BCUT2D eigenvalue weighted by Crippen LogP contribution is 2.29. The summed E-state index contributed by atoms with van der Waals surface area (Å²) in [6, 6.07) is 8.27. The molecule has 0 bridgehead atoms. The Balaban J connectivity index is 3.04. The summed E-state index contributed by atoms with van der Waals surface area (Å²) < 4.78 is 24.0. The molecular weight excluding hydrogens is 256 g/mol. The topological polar surface area (TPSA) is 34.1 Å². The molecule has 0 atom stereocenters. The average molecular weight is 282 g/mol. The second-order valence-corrected chi connectivity index (χ2v) is 9.55. The maximum atomic E-state index is 12.4. The van der Waals surface area contributed by atoms with Gasteiger partial charge < -0.3 is 0 Å². The van der Waals surface area contributed by atoms with Crippen molar-refractivity contribution in [2.75, 3.05) is 5.75 Å². The Bertz CT molecular complexity index is 517. The standard InChI is InChI=1S/C16H26O2S/c1-7-13-8-10-14(11-9-13)16(5,6)12-19(17,18)15(2,3)4/h8-11H,7,12H2,1-6H3. The second kappa shape index (κ2) is 5.28. The van der Waals surface area contributed by atoms with E-state index in [1.165, 1.54) is 5.56 Å². The SMILES string of the molecule is CCc1ccc(C(C)(C)CS(=O)(=O)C(C)(C)C)cc1. The molecule has 0 aliphatic carbocycles. The zero-order chi connectivity index (χ0) is 14.9. The van der Waals surface area contributed by atoms with Gasteiger partial charge in [-0.15, -0.1) is 0 Å². The van der Waals surface area contributed by atoms with Gasteiger partial charge in [-0.3, -0.25) is 0 Å². The van der Waals surface area contributed by atoms with Gasteiger partial charge in [0.25, 0.3) is 0 Å². The number of benzene rings is 1. The first-order valence-electron chi connectivity index (χ1n) is 6.81. The lowest BCUT2D eigenvalue weighted by Gasteiger charge is -2.29. The van der Waals surface area contributed by atoms with E-state index in [1.807, 2.05) is 13.8 Å².